The minimum absolute atomic E-state index is 0.0454. The van der Waals surface area contributed by atoms with Gasteiger partial charge in [0, 0.05) is 12.0 Å². The maximum Gasteiger partial charge on any atom is 0.345 e. The van der Waals surface area contributed by atoms with Crippen LogP contribution in [0, 0.1) is 17.0 Å². The molecule has 0 saturated heterocycles. The minimum Gasteiger partial charge on any atom is -0.493 e. The lowest BCUT2D eigenvalue weighted by Gasteiger charge is -2.27. The molecule has 0 bridgehead atoms. The number of nitrogens with one attached hydrogen (secondary N) is 1. The molecule has 104 valence electrons. The molecule has 7 heteroatoms. The van der Waals surface area contributed by atoms with E-state index in [0.717, 1.165) is 34.6 Å². The number of nitrogens with zero attached hydrogens (tertiary/aromatic N) is 2. The monoisotopic (exact) mass is 291 g/mol. The highest BCUT2D eigenvalue weighted by atomic mass is 32.1. The Morgan fingerprint density at radius 2 is 2.40 bits per heavy atom. The van der Waals surface area contributed by atoms with Crippen molar-refractivity contribution < 1.29 is 9.66 Å². The first-order chi connectivity index (χ1) is 9.65. The van der Waals surface area contributed by atoms with Crippen molar-refractivity contribution in [1.82, 2.24) is 4.98 Å². The third-order valence-corrected chi connectivity index (χ3v) is 4.12. The van der Waals surface area contributed by atoms with Gasteiger partial charge in [-0.1, -0.05) is 18.2 Å². The van der Waals surface area contributed by atoms with E-state index in [1.165, 1.54) is 6.20 Å². The molecule has 3 rings (SSSR count). The molecule has 2 aromatic rings. The van der Waals surface area contributed by atoms with Crippen LogP contribution < -0.4 is 10.1 Å². The number of anilines is 1. The second-order valence-corrected chi connectivity index (χ2v) is 5.60. The van der Waals surface area contributed by atoms with E-state index in [1.54, 1.807) is 0 Å². The standard InChI is InChI=1S/C13H13N3O3S/c1-8-3-2-4-9-10(5-6-19-12(8)9)15-13-14-7-11(20-13)16(17)18/h2-4,7,10H,5-6H2,1H3,(H,14,15)/t10-/m0/s1. The van der Waals surface area contributed by atoms with Crippen molar-refractivity contribution in [3.05, 3.63) is 45.6 Å². The molecule has 1 atom stereocenters. The number of nitro groups is 1. The lowest BCUT2D eigenvalue weighted by atomic mass is 9.98. The molecule has 1 aliphatic rings. The van der Waals surface area contributed by atoms with Gasteiger partial charge < -0.3 is 10.1 Å². The first kappa shape index (κ1) is 12.9. The summed E-state index contributed by atoms with van der Waals surface area (Å²) < 4.78 is 5.70. The molecule has 0 amide bonds. The maximum absolute atomic E-state index is 10.7. The Hall–Kier alpha value is -2.15. The Labute approximate surface area is 119 Å². The zero-order valence-electron chi connectivity index (χ0n) is 10.8. The number of hydrogen-bond donors (Lipinski definition) is 1. The fourth-order valence-corrected chi connectivity index (χ4v) is 2.98. The van der Waals surface area contributed by atoms with E-state index in [-0.39, 0.29) is 11.0 Å². The number of ether oxygens (including phenoxy) is 1. The number of benzene rings is 1. The lowest BCUT2D eigenvalue weighted by Crippen LogP contribution is -2.20. The Kier molecular flexibility index (Phi) is 3.27. The third-order valence-electron chi connectivity index (χ3n) is 3.24. The van der Waals surface area contributed by atoms with Gasteiger partial charge in [0.1, 0.15) is 11.9 Å². The van der Waals surface area contributed by atoms with E-state index >= 15 is 0 Å². The number of aromatic nitrogens is 1. The molecule has 6 nitrogen and oxygen atoms in total. The van der Waals surface area contributed by atoms with Gasteiger partial charge in [0.2, 0.25) is 0 Å². The highest BCUT2D eigenvalue weighted by Crippen LogP contribution is 2.37. The van der Waals surface area contributed by atoms with Gasteiger partial charge in [-0.3, -0.25) is 10.1 Å². The second kappa shape index (κ2) is 5.09. The maximum atomic E-state index is 10.7. The average Bonchev–Trinajstić information content (AvgIpc) is 2.89. The Morgan fingerprint density at radius 1 is 1.55 bits per heavy atom. The largest absolute Gasteiger partial charge is 0.493 e. The van der Waals surface area contributed by atoms with Crippen LogP contribution in [-0.4, -0.2) is 16.5 Å². The van der Waals surface area contributed by atoms with E-state index in [9.17, 15) is 10.1 Å². The van der Waals surface area contributed by atoms with Gasteiger partial charge in [-0.15, -0.1) is 0 Å². The summed E-state index contributed by atoms with van der Waals surface area (Å²) in [5, 5.41) is 14.6. The normalized spacial score (nSPS) is 17.1. The highest BCUT2D eigenvalue weighted by molar-refractivity contribution is 7.18. The third kappa shape index (κ3) is 2.32. The van der Waals surface area contributed by atoms with Crippen molar-refractivity contribution in [2.75, 3.05) is 11.9 Å². The summed E-state index contributed by atoms with van der Waals surface area (Å²) in [5.41, 5.74) is 2.17. The molecule has 1 N–H and O–H groups in total. The Balaban J connectivity index is 1.85. The molecule has 1 aromatic heterocycles. The van der Waals surface area contributed by atoms with Crippen molar-refractivity contribution in [1.29, 1.82) is 0 Å². The van der Waals surface area contributed by atoms with Crippen molar-refractivity contribution in [3.8, 4) is 5.75 Å². The van der Waals surface area contributed by atoms with Gasteiger partial charge in [-0.2, -0.15) is 0 Å². The number of fused-ring (bicyclic) bond motifs is 1. The molecule has 0 spiro atoms. The van der Waals surface area contributed by atoms with Crippen LogP contribution in [0.15, 0.2) is 24.4 Å². The average molecular weight is 291 g/mol. The van der Waals surface area contributed by atoms with Crippen LogP contribution in [0.2, 0.25) is 0 Å². The molecular formula is C13H13N3O3S. The number of thiazole rings is 1. The van der Waals surface area contributed by atoms with Gasteiger partial charge in [0.25, 0.3) is 0 Å². The fraction of sp³-hybridized carbons (Fsp3) is 0.308. The zero-order chi connectivity index (χ0) is 14.1. The number of para-hydroxylation sites is 1. The molecule has 20 heavy (non-hydrogen) atoms. The first-order valence-electron chi connectivity index (χ1n) is 6.24. The quantitative estimate of drug-likeness (QED) is 0.693. The molecule has 0 unspecified atom stereocenters. The number of rotatable bonds is 3. The highest BCUT2D eigenvalue weighted by Gasteiger charge is 2.24. The predicted octanol–water partition coefficient (Wildman–Crippen LogP) is 3.30. The van der Waals surface area contributed by atoms with E-state index in [1.807, 2.05) is 25.1 Å². The van der Waals surface area contributed by atoms with Crippen LogP contribution in [0.5, 0.6) is 5.75 Å². The van der Waals surface area contributed by atoms with Gasteiger partial charge >= 0.3 is 5.00 Å². The number of aryl methyl sites for hydroxylation is 1. The SMILES string of the molecule is Cc1cccc2c1OCC[C@@H]2Nc1ncc([N+](=O)[O-])s1. The van der Waals surface area contributed by atoms with Gasteiger partial charge in [-0.05, 0) is 23.8 Å². The van der Waals surface area contributed by atoms with Crippen LogP contribution in [0.1, 0.15) is 23.6 Å². The van der Waals surface area contributed by atoms with E-state index < -0.39 is 4.92 Å². The molecule has 0 saturated carbocycles. The van der Waals surface area contributed by atoms with Crippen molar-refractivity contribution in [2.24, 2.45) is 0 Å². The molecule has 1 aliphatic heterocycles. The fourth-order valence-electron chi connectivity index (χ4n) is 2.30. The summed E-state index contributed by atoms with van der Waals surface area (Å²) in [4.78, 5) is 14.3. The van der Waals surface area contributed by atoms with Gasteiger partial charge in [-0.25, -0.2) is 4.98 Å². The summed E-state index contributed by atoms with van der Waals surface area (Å²) in [7, 11) is 0. The smallest absolute Gasteiger partial charge is 0.345 e. The predicted molar refractivity (Wildman–Crippen MR) is 76.4 cm³/mol. The van der Waals surface area contributed by atoms with E-state index in [4.69, 9.17) is 4.74 Å². The lowest BCUT2D eigenvalue weighted by molar-refractivity contribution is -0.380. The topological polar surface area (TPSA) is 77.3 Å². The molecule has 0 radical (unpaired) electrons. The molecule has 0 fully saturated rings. The molecule has 2 heterocycles. The van der Waals surface area contributed by atoms with E-state index in [2.05, 4.69) is 10.3 Å². The van der Waals surface area contributed by atoms with Crippen LogP contribution >= 0.6 is 11.3 Å². The summed E-state index contributed by atoms with van der Waals surface area (Å²) in [5.74, 6) is 0.905. The number of hydrogen-bond acceptors (Lipinski definition) is 6. The Bertz CT molecular complexity index is 656. The van der Waals surface area contributed by atoms with Gasteiger partial charge in [0.15, 0.2) is 5.13 Å². The van der Waals surface area contributed by atoms with Crippen molar-refractivity contribution in [3.63, 3.8) is 0 Å². The second-order valence-electron chi connectivity index (χ2n) is 4.59. The van der Waals surface area contributed by atoms with Crippen LogP contribution in [0.4, 0.5) is 10.1 Å². The zero-order valence-corrected chi connectivity index (χ0v) is 11.6. The van der Waals surface area contributed by atoms with Crippen LogP contribution in [-0.2, 0) is 0 Å². The Morgan fingerprint density at radius 3 is 3.15 bits per heavy atom. The summed E-state index contributed by atoms with van der Waals surface area (Å²) in [6, 6.07) is 6.09. The summed E-state index contributed by atoms with van der Waals surface area (Å²) in [6.07, 6.45) is 2.09. The van der Waals surface area contributed by atoms with Crippen molar-refractivity contribution in [2.45, 2.75) is 19.4 Å². The van der Waals surface area contributed by atoms with E-state index in [0.29, 0.717) is 11.7 Å². The molecular weight excluding hydrogens is 278 g/mol. The van der Waals surface area contributed by atoms with Crippen LogP contribution in [0.25, 0.3) is 0 Å². The molecule has 0 aliphatic carbocycles. The van der Waals surface area contributed by atoms with Crippen LogP contribution in [0.3, 0.4) is 0 Å². The van der Waals surface area contributed by atoms with Crippen molar-refractivity contribution >= 4 is 21.5 Å². The minimum atomic E-state index is -0.426. The first-order valence-corrected chi connectivity index (χ1v) is 7.06. The van der Waals surface area contributed by atoms with Gasteiger partial charge in [0.05, 0.1) is 17.6 Å². The summed E-state index contributed by atoms with van der Waals surface area (Å²) >= 11 is 1.05. The summed E-state index contributed by atoms with van der Waals surface area (Å²) in [6.45, 7) is 2.64. The molecule has 1 aromatic carbocycles.